The first kappa shape index (κ1) is 14.2. The van der Waals surface area contributed by atoms with Gasteiger partial charge in [0.15, 0.2) is 5.58 Å². The summed E-state index contributed by atoms with van der Waals surface area (Å²) in [6.07, 6.45) is 0. The Morgan fingerprint density at radius 3 is 2.58 bits per heavy atom. The van der Waals surface area contributed by atoms with E-state index in [0.29, 0.717) is 27.8 Å². The fourth-order valence-corrected chi connectivity index (χ4v) is 2.83. The fraction of sp³-hybridized carbons (Fsp3) is 0.0526. The molecule has 4 aromatic rings. The van der Waals surface area contributed by atoms with E-state index in [1.165, 1.54) is 19.2 Å². The van der Waals surface area contributed by atoms with Gasteiger partial charge in [-0.05, 0) is 29.8 Å². The van der Waals surface area contributed by atoms with E-state index in [0.717, 1.165) is 5.39 Å². The Kier molecular flexibility index (Phi) is 3.17. The van der Waals surface area contributed by atoms with Crippen LogP contribution >= 0.6 is 0 Å². The number of benzene rings is 2. The van der Waals surface area contributed by atoms with Crippen LogP contribution in [0.2, 0.25) is 0 Å². The third kappa shape index (κ3) is 2.01. The van der Waals surface area contributed by atoms with E-state index in [1.807, 2.05) is 24.3 Å². The molecular formula is C19H11FN2O2. The standard InChI is InChI=1S/C19H11FN2O2/c1-23-19-14(10-21)16(11-6-8-12(20)9-7-11)18-17(22-19)13-4-2-3-5-15(13)24-18/h2-9H,1H3. The smallest absolute Gasteiger partial charge is 0.232 e. The number of halogens is 1. The molecule has 0 aliphatic rings. The molecule has 116 valence electrons. The van der Waals surface area contributed by atoms with Crippen LogP contribution in [0.15, 0.2) is 52.9 Å². The molecule has 2 heterocycles. The molecule has 0 aliphatic carbocycles. The minimum absolute atomic E-state index is 0.218. The molecule has 4 rings (SSSR count). The summed E-state index contributed by atoms with van der Waals surface area (Å²) in [5.74, 6) is -0.130. The van der Waals surface area contributed by atoms with Crippen LogP contribution < -0.4 is 4.74 Å². The van der Waals surface area contributed by atoms with Crippen LogP contribution in [0.5, 0.6) is 5.88 Å². The first-order chi connectivity index (χ1) is 11.7. The van der Waals surface area contributed by atoms with Crippen molar-refractivity contribution in [3.05, 3.63) is 59.9 Å². The molecule has 5 heteroatoms. The van der Waals surface area contributed by atoms with Gasteiger partial charge >= 0.3 is 0 Å². The Hall–Kier alpha value is -3.39. The average Bonchev–Trinajstić information content (AvgIpc) is 2.99. The highest BCUT2D eigenvalue weighted by molar-refractivity contribution is 6.08. The monoisotopic (exact) mass is 318 g/mol. The zero-order valence-electron chi connectivity index (χ0n) is 12.7. The lowest BCUT2D eigenvalue weighted by Crippen LogP contribution is -1.96. The molecule has 0 atom stereocenters. The van der Waals surface area contributed by atoms with Crippen molar-refractivity contribution in [2.45, 2.75) is 0 Å². The summed E-state index contributed by atoms with van der Waals surface area (Å²) < 4.78 is 24.5. The summed E-state index contributed by atoms with van der Waals surface area (Å²) in [5, 5.41) is 10.4. The summed E-state index contributed by atoms with van der Waals surface area (Å²) in [4.78, 5) is 4.44. The quantitative estimate of drug-likeness (QED) is 0.539. The van der Waals surface area contributed by atoms with Crippen LogP contribution in [0.1, 0.15) is 5.56 Å². The summed E-state index contributed by atoms with van der Waals surface area (Å²) >= 11 is 0. The van der Waals surface area contributed by atoms with Gasteiger partial charge < -0.3 is 9.15 Å². The summed E-state index contributed by atoms with van der Waals surface area (Å²) in [7, 11) is 1.46. The molecular weight excluding hydrogens is 307 g/mol. The summed E-state index contributed by atoms with van der Waals surface area (Å²) in [6, 6.07) is 15.5. The van der Waals surface area contributed by atoms with Gasteiger partial charge in [-0.1, -0.05) is 24.3 Å². The maximum atomic E-state index is 13.3. The summed E-state index contributed by atoms with van der Waals surface area (Å²) in [6.45, 7) is 0. The zero-order valence-corrected chi connectivity index (χ0v) is 12.7. The van der Waals surface area contributed by atoms with Crippen molar-refractivity contribution in [1.82, 2.24) is 4.98 Å². The lowest BCUT2D eigenvalue weighted by atomic mass is 10.00. The number of pyridine rings is 1. The van der Waals surface area contributed by atoms with Gasteiger partial charge in [-0.2, -0.15) is 5.26 Å². The second-order valence-electron chi connectivity index (χ2n) is 5.27. The normalized spacial score (nSPS) is 10.9. The van der Waals surface area contributed by atoms with Gasteiger partial charge in [-0.25, -0.2) is 9.37 Å². The lowest BCUT2D eigenvalue weighted by Gasteiger charge is -2.09. The molecule has 0 bridgehead atoms. The van der Waals surface area contributed by atoms with Gasteiger partial charge in [0.05, 0.1) is 12.7 Å². The predicted molar refractivity (Wildman–Crippen MR) is 88.2 cm³/mol. The Labute approximate surface area is 136 Å². The van der Waals surface area contributed by atoms with Gasteiger partial charge in [-0.15, -0.1) is 0 Å². The number of methoxy groups -OCH3 is 1. The molecule has 0 saturated carbocycles. The van der Waals surface area contributed by atoms with Crippen molar-refractivity contribution in [2.24, 2.45) is 0 Å². The van der Waals surface area contributed by atoms with Crippen LogP contribution in [0, 0.1) is 17.1 Å². The predicted octanol–water partition coefficient (Wildman–Crippen LogP) is 4.67. The number of hydrogen-bond donors (Lipinski definition) is 0. The van der Waals surface area contributed by atoms with Gasteiger partial charge in [0.1, 0.15) is 28.5 Å². The van der Waals surface area contributed by atoms with Crippen molar-refractivity contribution in [3.63, 3.8) is 0 Å². The topological polar surface area (TPSA) is 59.1 Å². The number of nitriles is 1. The Morgan fingerprint density at radius 1 is 1.12 bits per heavy atom. The molecule has 0 aliphatic heterocycles. The number of ether oxygens (including phenoxy) is 1. The van der Waals surface area contributed by atoms with Gasteiger partial charge in [-0.3, -0.25) is 0 Å². The molecule has 0 spiro atoms. The molecule has 0 fully saturated rings. The highest BCUT2D eigenvalue weighted by atomic mass is 19.1. The van der Waals surface area contributed by atoms with Crippen LogP contribution in [0.4, 0.5) is 4.39 Å². The second kappa shape index (κ2) is 5.36. The van der Waals surface area contributed by atoms with Gasteiger partial charge in [0, 0.05) is 5.39 Å². The van der Waals surface area contributed by atoms with Gasteiger partial charge in [0.25, 0.3) is 0 Å². The summed E-state index contributed by atoms with van der Waals surface area (Å²) in [5.41, 5.74) is 3.24. The van der Waals surface area contributed by atoms with Crippen LogP contribution in [-0.4, -0.2) is 12.1 Å². The number of hydrogen-bond acceptors (Lipinski definition) is 4. The Balaban J connectivity index is 2.19. The molecule has 2 aromatic heterocycles. The third-order valence-corrected chi connectivity index (χ3v) is 3.91. The van der Waals surface area contributed by atoms with E-state index in [-0.39, 0.29) is 17.3 Å². The third-order valence-electron chi connectivity index (χ3n) is 3.91. The van der Waals surface area contributed by atoms with E-state index >= 15 is 0 Å². The molecule has 4 nitrogen and oxygen atoms in total. The number of furan rings is 1. The highest BCUT2D eigenvalue weighted by Gasteiger charge is 2.22. The molecule has 0 unspecified atom stereocenters. The van der Waals surface area contributed by atoms with Gasteiger partial charge in [0.2, 0.25) is 5.88 Å². The van der Waals surface area contributed by atoms with E-state index in [4.69, 9.17) is 9.15 Å². The molecule has 0 radical (unpaired) electrons. The van der Waals surface area contributed by atoms with Crippen LogP contribution in [0.3, 0.4) is 0 Å². The fourth-order valence-electron chi connectivity index (χ4n) is 2.83. The molecule has 0 N–H and O–H groups in total. The van der Waals surface area contributed by atoms with Crippen LogP contribution in [-0.2, 0) is 0 Å². The number of para-hydroxylation sites is 1. The van der Waals surface area contributed by atoms with Crippen molar-refractivity contribution in [1.29, 1.82) is 5.26 Å². The maximum Gasteiger partial charge on any atom is 0.232 e. The van der Waals surface area contributed by atoms with E-state index < -0.39 is 0 Å². The van der Waals surface area contributed by atoms with Crippen LogP contribution in [0.25, 0.3) is 33.2 Å². The van der Waals surface area contributed by atoms with E-state index in [9.17, 15) is 9.65 Å². The Morgan fingerprint density at radius 2 is 1.88 bits per heavy atom. The SMILES string of the molecule is COc1nc2c(oc3ccccc32)c(-c2ccc(F)cc2)c1C#N. The maximum absolute atomic E-state index is 13.3. The lowest BCUT2D eigenvalue weighted by molar-refractivity contribution is 0.398. The molecule has 24 heavy (non-hydrogen) atoms. The van der Waals surface area contributed by atoms with Crippen molar-refractivity contribution in [3.8, 4) is 23.1 Å². The van der Waals surface area contributed by atoms with Crippen molar-refractivity contribution < 1.29 is 13.5 Å². The number of fused-ring (bicyclic) bond motifs is 3. The number of aromatic nitrogens is 1. The molecule has 2 aromatic carbocycles. The second-order valence-corrected chi connectivity index (χ2v) is 5.27. The minimum atomic E-state index is -0.348. The number of nitrogens with zero attached hydrogens (tertiary/aromatic N) is 2. The minimum Gasteiger partial charge on any atom is -0.480 e. The Bertz CT molecular complexity index is 1110. The highest BCUT2D eigenvalue weighted by Crippen LogP contribution is 2.40. The van der Waals surface area contributed by atoms with E-state index in [2.05, 4.69) is 11.1 Å². The molecule has 0 amide bonds. The number of rotatable bonds is 2. The largest absolute Gasteiger partial charge is 0.480 e. The first-order valence-corrected chi connectivity index (χ1v) is 7.28. The van der Waals surface area contributed by atoms with E-state index in [1.54, 1.807) is 12.1 Å². The first-order valence-electron chi connectivity index (χ1n) is 7.28. The van der Waals surface area contributed by atoms with Crippen molar-refractivity contribution >= 4 is 22.1 Å². The van der Waals surface area contributed by atoms with Crippen molar-refractivity contribution in [2.75, 3.05) is 7.11 Å². The average molecular weight is 318 g/mol. The zero-order chi connectivity index (χ0) is 16.7. The molecule has 0 saturated heterocycles.